The molecular weight excluding hydrogens is 198 g/mol. The van der Waals surface area contributed by atoms with Crippen molar-refractivity contribution in [1.29, 1.82) is 0 Å². The highest BCUT2D eigenvalue weighted by Gasteiger charge is 2.45. The SMILES string of the molecule is C=C(C)C1CC[C@@](C)(O)[C@H]([NH+]2CCCC2)C1. The van der Waals surface area contributed by atoms with Crippen molar-refractivity contribution >= 4 is 0 Å². The molecule has 1 unspecified atom stereocenters. The minimum Gasteiger partial charge on any atom is -0.384 e. The van der Waals surface area contributed by atoms with E-state index in [2.05, 4.69) is 13.5 Å². The maximum absolute atomic E-state index is 10.5. The van der Waals surface area contributed by atoms with Gasteiger partial charge in [0.15, 0.2) is 0 Å². The van der Waals surface area contributed by atoms with E-state index >= 15 is 0 Å². The lowest BCUT2D eigenvalue weighted by Gasteiger charge is -2.43. The van der Waals surface area contributed by atoms with Crippen molar-refractivity contribution in [2.45, 2.75) is 57.6 Å². The summed E-state index contributed by atoms with van der Waals surface area (Å²) in [5, 5.41) is 10.5. The molecule has 2 rings (SSSR count). The van der Waals surface area contributed by atoms with Crippen molar-refractivity contribution in [3.05, 3.63) is 12.2 Å². The van der Waals surface area contributed by atoms with E-state index in [0.29, 0.717) is 12.0 Å². The summed E-state index contributed by atoms with van der Waals surface area (Å²) < 4.78 is 0. The molecule has 2 fully saturated rings. The van der Waals surface area contributed by atoms with Crippen LogP contribution in [0.3, 0.4) is 0 Å². The fourth-order valence-electron chi connectivity index (χ4n) is 3.53. The molecule has 0 bridgehead atoms. The summed E-state index contributed by atoms with van der Waals surface area (Å²) in [6.45, 7) is 10.8. The van der Waals surface area contributed by atoms with E-state index < -0.39 is 5.60 Å². The van der Waals surface area contributed by atoms with Gasteiger partial charge in [-0.15, -0.1) is 0 Å². The Bertz CT molecular complexity index is 266. The van der Waals surface area contributed by atoms with Gasteiger partial charge in [0.05, 0.1) is 13.1 Å². The first-order valence-corrected chi connectivity index (χ1v) is 6.73. The minimum absolute atomic E-state index is 0.436. The minimum atomic E-state index is -0.453. The van der Waals surface area contributed by atoms with Gasteiger partial charge in [0, 0.05) is 19.3 Å². The summed E-state index contributed by atoms with van der Waals surface area (Å²) in [6.07, 6.45) is 5.86. The van der Waals surface area contributed by atoms with Gasteiger partial charge in [-0.05, 0) is 32.6 Å². The first kappa shape index (κ1) is 12.1. The molecular formula is C14H26NO+. The smallest absolute Gasteiger partial charge is 0.117 e. The number of hydrogen-bond donors (Lipinski definition) is 2. The molecule has 0 aromatic carbocycles. The quantitative estimate of drug-likeness (QED) is 0.676. The number of hydrogen-bond acceptors (Lipinski definition) is 1. The van der Waals surface area contributed by atoms with E-state index in [1.54, 1.807) is 4.90 Å². The standard InChI is InChI=1S/C14H25NO/c1-11(2)12-6-7-14(3,16)13(10-12)15-8-4-5-9-15/h12-13,16H,1,4-10H2,2-3H3/p+1/t12?,13-,14-/m1/s1. The van der Waals surface area contributed by atoms with Gasteiger partial charge in [-0.3, -0.25) is 0 Å². The fourth-order valence-corrected chi connectivity index (χ4v) is 3.53. The van der Waals surface area contributed by atoms with E-state index in [4.69, 9.17) is 0 Å². The molecule has 2 N–H and O–H groups in total. The van der Waals surface area contributed by atoms with Crippen molar-refractivity contribution in [2.24, 2.45) is 5.92 Å². The van der Waals surface area contributed by atoms with Crippen LogP contribution in [0, 0.1) is 5.92 Å². The zero-order chi connectivity index (χ0) is 11.8. The van der Waals surface area contributed by atoms with Crippen molar-refractivity contribution < 1.29 is 10.0 Å². The molecule has 1 saturated carbocycles. The van der Waals surface area contributed by atoms with Gasteiger partial charge in [-0.1, -0.05) is 12.2 Å². The molecule has 0 aromatic rings. The molecule has 0 amide bonds. The molecule has 1 saturated heterocycles. The average Bonchev–Trinajstić information content (AvgIpc) is 2.69. The molecule has 0 radical (unpaired) electrons. The molecule has 0 aromatic heterocycles. The summed E-state index contributed by atoms with van der Waals surface area (Å²) in [4.78, 5) is 1.64. The first-order chi connectivity index (χ1) is 7.50. The fraction of sp³-hybridized carbons (Fsp3) is 0.857. The molecule has 16 heavy (non-hydrogen) atoms. The second kappa shape index (κ2) is 4.50. The van der Waals surface area contributed by atoms with Crippen molar-refractivity contribution in [3.8, 4) is 0 Å². The normalized spacial score (nSPS) is 41.2. The van der Waals surface area contributed by atoms with Crippen LogP contribution >= 0.6 is 0 Å². The Morgan fingerprint density at radius 3 is 2.56 bits per heavy atom. The topological polar surface area (TPSA) is 24.7 Å². The predicted octanol–water partition coefficient (Wildman–Crippen LogP) is 1.16. The number of allylic oxidation sites excluding steroid dienone is 1. The number of aliphatic hydroxyl groups is 1. The van der Waals surface area contributed by atoms with Gasteiger partial charge < -0.3 is 10.0 Å². The van der Waals surface area contributed by atoms with Crippen LogP contribution in [0.2, 0.25) is 0 Å². The number of likely N-dealkylation sites (tertiary alicyclic amines) is 1. The summed E-state index contributed by atoms with van der Waals surface area (Å²) >= 11 is 0. The van der Waals surface area contributed by atoms with E-state index in [-0.39, 0.29) is 0 Å². The maximum Gasteiger partial charge on any atom is 0.117 e. The van der Waals surface area contributed by atoms with Crippen molar-refractivity contribution in [2.75, 3.05) is 13.1 Å². The van der Waals surface area contributed by atoms with Crippen LogP contribution in [0.4, 0.5) is 0 Å². The van der Waals surface area contributed by atoms with Crippen LogP contribution in [-0.4, -0.2) is 29.8 Å². The third-order valence-electron chi connectivity index (χ3n) is 4.71. The Hall–Kier alpha value is -0.340. The maximum atomic E-state index is 10.5. The third kappa shape index (κ3) is 2.33. The molecule has 1 aliphatic heterocycles. The highest BCUT2D eigenvalue weighted by Crippen LogP contribution is 2.34. The van der Waals surface area contributed by atoms with Gasteiger partial charge in [0.25, 0.3) is 0 Å². The average molecular weight is 224 g/mol. The molecule has 3 atom stereocenters. The molecule has 2 aliphatic rings. The van der Waals surface area contributed by atoms with Crippen molar-refractivity contribution in [3.63, 3.8) is 0 Å². The molecule has 2 nitrogen and oxygen atoms in total. The summed E-state index contributed by atoms with van der Waals surface area (Å²) in [7, 11) is 0. The van der Waals surface area contributed by atoms with Gasteiger partial charge >= 0.3 is 0 Å². The second-order valence-corrected chi connectivity index (χ2v) is 6.09. The van der Waals surface area contributed by atoms with E-state index in [9.17, 15) is 5.11 Å². The van der Waals surface area contributed by atoms with E-state index in [1.807, 2.05) is 6.92 Å². The summed E-state index contributed by atoms with van der Waals surface area (Å²) in [6, 6.07) is 0.436. The van der Waals surface area contributed by atoms with Gasteiger partial charge in [0.2, 0.25) is 0 Å². The van der Waals surface area contributed by atoms with Crippen molar-refractivity contribution in [1.82, 2.24) is 0 Å². The van der Waals surface area contributed by atoms with Crippen LogP contribution in [-0.2, 0) is 0 Å². The first-order valence-electron chi connectivity index (χ1n) is 6.73. The Kier molecular flexibility index (Phi) is 3.41. The van der Waals surface area contributed by atoms with Crippen LogP contribution in [0.1, 0.15) is 46.0 Å². The zero-order valence-corrected chi connectivity index (χ0v) is 10.8. The lowest BCUT2D eigenvalue weighted by Crippen LogP contribution is -3.16. The zero-order valence-electron chi connectivity index (χ0n) is 10.8. The van der Waals surface area contributed by atoms with Crippen LogP contribution in [0.5, 0.6) is 0 Å². The molecule has 2 heteroatoms. The Morgan fingerprint density at radius 2 is 2.00 bits per heavy atom. The van der Waals surface area contributed by atoms with Crippen LogP contribution < -0.4 is 4.90 Å². The Morgan fingerprint density at radius 1 is 1.38 bits per heavy atom. The monoisotopic (exact) mass is 224 g/mol. The summed E-state index contributed by atoms with van der Waals surface area (Å²) in [5.41, 5.74) is 0.852. The lowest BCUT2D eigenvalue weighted by molar-refractivity contribution is -0.922. The Labute approximate surface area is 99.3 Å². The van der Waals surface area contributed by atoms with Gasteiger partial charge in [0.1, 0.15) is 11.6 Å². The molecule has 0 spiro atoms. The largest absolute Gasteiger partial charge is 0.384 e. The lowest BCUT2D eigenvalue weighted by atomic mass is 9.73. The van der Waals surface area contributed by atoms with Crippen LogP contribution in [0.15, 0.2) is 12.2 Å². The predicted molar refractivity (Wildman–Crippen MR) is 66.5 cm³/mol. The molecule has 1 aliphatic carbocycles. The number of quaternary nitrogens is 1. The number of nitrogens with one attached hydrogen (secondary N) is 1. The molecule has 1 heterocycles. The van der Waals surface area contributed by atoms with Crippen LogP contribution in [0.25, 0.3) is 0 Å². The van der Waals surface area contributed by atoms with Gasteiger partial charge in [-0.25, -0.2) is 0 Å². The Balaban J connectivity index is 2.08. The number of rotatable bonds is 2. The van der Waals surface area contributed by atoms with Gasteiger partial charge in [-0.2, -0.15) is 0 Å². The van der Waals surface area contributed by atoms with E-state index in [1.165, 1.54) is 31.5 Å². The second-order valence-electron chi connectivity index (χ2n) is 6.09. The molecule has 92 valence electrons. The van der Waals surface area contributed by atoms with E-state index in [0.717, 1.165) is 19.3 Å². The summed E-state index contributed by atoms with van der Waals surface area (Å²) in [5.74, 6) is 0.637. The third-order valence-corrected chi connectivity index (χ3v) is 4.71. The highest BCUT2D eigenvalue weighted by molar-refractivity contribution is 5.03. The highest BCUT2D eigenvalue weighted by atomic mass is 16.3.